The van der Waals surface area contributed by atoms with Crippen molar-refractivity contribution in [3.8, 4) is 5.75 Å². The van der Waals surface area contributed by atoms with Gasteiger partial charge in [0, 0.05) is 19.5 Å². The number of para-hydroxylation sites is 1. The molecule has 0 radical (unpaired) electrons. The van der Waals surface area contributed by atoms with Gasteiger partial charge in [-0.15, -0.1) is 24.0 Å². The fraction of sp³-hybridized carbons (Fsp3) is 0.611. The Kier molecular flexibility index (Phi) is 5.86. The van der Waals surface area contributed by atoms with Crippen molar-refractivity contribution in [3.05, 3.63) is 29.8 Å². The van der Waals surface area contributed by atoms with Crippen LogP contribution in [-0.2, 0) is 4.74 Å². The number of nitrogens with one attached hydrogen (secondary N) is 2. The van der Waals surface area contributed by atoms with Gasteiger partial charge < -0.3 is 20.1 Å². The monoisotopic (exact) mass is 443 g/mol. The fourth-order valence-electron chi connectivity index (χ4n) is 4.01. The second-order valence-corrected chi connectivity index (χ2v) is 6.69. The summed E-state index contributed by atoms with van der Waals surface area (Å²) in [5.74, 6) is 2.37. The highest BCUT2D eigenvalue weighted by molar-refractivity contribution is 14.0. The summed E-state index contributed by atoms with van der Waals surface area (Å²) in [7, 11) is 1.83. The first-order valence-corrected chi connectivity index (χ1v) is 8.68. The highest BCUT2D eigenvalue weighted by Crippen LogP contribution is 2.34. The Balaban J connectivity index is 0.00000169. The Labute approximate surface area is 160 Å². The first kappa shape index (κ1) is 17.8. The molecule has 2 fully saturated rings. The maximum atomic E-state index is 5.91. The minimum Gasteiger partial charge on any atom is -0.493 e. The molecule has 1 aromatic rings. The molecule has 3 aliphatic heterocycles. The number of ether oxygens (including phenoxy) is 2. The van der Waals surface area contributed by atoms with Crippen LogP contribution in [0, 0.1) is 0 Å². The van der Waals surface area contributed by atoms with Crippen LogP contribution in [0.25, 0.3) is 0 Å². The Morgan fingerprint density at radius 1 is 1.25 bits per heavy atom. The zero-order valence-electron chi connectivity index (χ0n) is 14.0. The van der Waals surface area contributed by atoms with Gasteiger partial charge in [-0.2, -0.15) is 0 Å². The van der Waals surface area contributed by atoms with E-state index in [1.165, 1.54) is 18.4 Å². The average molecular weight is 443 g/mol. The minimum absolute atomic E-state index is 0. The van der Waals surface area contributed by atoms with E-state index >= 15 is 0 Å². The van der Waals surface area contributed by atoms with Crippen LogP contribution < -0.4 is 15.4 Å². The van der Waals surface area contributed by atoms with E-state index in [-0.39, 0.29) is 24.0 Å². The first-order valence-electron chi connectivity index (χ1n) is 8.68. The van der Waals surface area contributed by atoms with E-state index in [1.807, 2.05) is 13.1 Å². The molecule has 5 nitrogen and oxygen atoms in total. The Hall–Kier alpha value is -1.02. The van der Waals surface area contributed by atoms with Crippen molar-refractivity contribution in [1.29, 1.82) is 0 Å². The lowest BCUT2D eigenvalue weighted by molar-refractivity contribution is 0.0992. The molecule has 2 saturated heterocycles. The van der Waals surface area contributed by atoms with Crippen LogP contribution >= 0.6 is 24.0 Å². The molecule has 2 N–H and O–H groups in total. The number of fused-ring (bicyclic) bond motifs is 3. The van der Waals surface area contributed by atoms with Gasteiger partial charge in [0.1, 0.15) is 5.75 Å². The van der Waals surface area contributed by atoms with Gasteiger partial charge in [0.15, 0.2) is 5.96 Å². The predicted molar refractivity (Wildman–Crippen MR) is 106 cm³/mol. The SMILES string of the molecule is CN=C(NCC1CCOc2ccccc21)NC1CC2CCC1O2.I. The highest BCUT2D eigenvalue weighted by atomic mass is 127. The van der Waals surface area contributed by atoms with Crippen molar-refractivity contribution in [2.75, 3.05) is 20.2 Å². The van der Waals surface area contributed by atoms with Crippen molar-refractivity contribution >= 4 is 29.9 Å². The summed E-state index contributed by atoms with van der Waals surface area (Å²) < 4.78 is 11.6. The van der Waals surface area contributed by atoms with E-state index in [9.17, 15) is 0 Å². The molecule has 0 saturated carbocycles. The molecule has 132 valence electrons. The number of benzene rings is 1. The van der Waals surface area contributed by atoms with Crippen molar-refractivity contribution in [1.82, 2.24) is 10.6 Å². The van der Waals surface area contributed by atoms with Crippen LogP contribution in [0.4, 0.5) is 0 Å². The molecule has 4 atom stereocenters. The first-order chi connectivity index (χ1) is 11.3. The molecule has 0 aliphatic carbocycles. The molecule has 1 aromatic carbocycles. The third-order valence-corrected chi connectivity index (χ3v) is 5.25. The lowest BCUT2D eigenvalue weighted by Gasteiger charge is -2.28. The van der Waals surface area contributed by atoms with E-state index < -0.39 is 0 Å². The zero-order chi connectivity index (χ0) is 15.6. The molecule has 3 aliphatic rings. The molecular weight excluding hydrogens is 417 g/mol. The Morgan fingerprint density at radius 3 is 2.88 bits per heavy atom. The third-order valence-electron chi connectivity index (χ3n) is 5.25. The Morgan fingerprint density at radius 2 is 2.12 bits per heavy atom. The maximum absolute atomic E-state index is 5.91. The van der Waals surface area contributed by atoms with Gasteiger partial charge in [0.25, 0.3) is 0 Å². The van der Waals surface area contributed by atoms with Gasteiger partial charge in [-0.1, -0.05) is 18.2 Å². The van der Waals surface area contributed by atoms with Gasteiger partial charge in [0.2, 0.25) is 0 Å². The van der Waals surface area contributed by atoms with E-state index in [4.69, 9.17) is 9.47 Å². The average Bonchev–Trinajstić information content (AvgIpc) is 3.21. The van der Waals surface area contributed by atoms with Crippen molar-refractivity contribution in [2.24, 2.45) is 4.99 Å². The molecule has 3 heterocycles. The van der Waals surface area contributed by atoms with Crippen LogP contribution in [0.5, 0.6) is 5.75 Å². The lowest BCUT2D eigenvalue weighted by atomic mass is 9.93. The largest absolute Gasteiger partial charge is 0.493 e. The zero-order valence-corrected chi connectivity index (χ0v) is 16.4. The smallest absolute Gasteiger partial charge is 0.191 e. The predicted octanol–water partition coefficient (Wildman–Crippen LogP) is 2.66. The van der Waals surface area contributed by atoms with Crippen LogP contribution in [0.1, 0.15) is 37.2 Å². The van der Waals surface area contributed by atoms with Crippen LogP contribution in [0.2, 0.25) is 0 Å². The molecule has 0 aromatic heterocycles. The standard InChI is InChI=1S/C18H25N3O2.HI/c1-19-18(21-15-10-13-6-7-17(15)23-13)20-11-12-8-9-22-16-5-3-2-4-14(12)16;/h2-5,12-13,15,17H,6-11H2,1H3,(H2,19,20,21);1H. The van der Waals surface area contributed by atoms with Crippen molar-refractivity contribution in [3.63, 3.8) is 0 Å². The number of rotatable bonds is 3. The molecule has 0 spiro atoms. The number of nitrogens with zero attached hydrogens (tertiary/aromatic N) is 1. The number of halogens is 1. The number of hydrogen-bond donors (Lipinski definition) is 2. The van der Waals surface area contributed by atoms with Gasteiger partial charge >= 0.3 is 0 Å². The number of aliphatic imine (C=N–C) groups is 1. The maximum Gasteiger partial charge on any atom is 0.191 e. The Bertz CT molecular complexity index is 595. The normalized spacial score (nSPS) is 31.0. The minimum atomic E-state index is 0. The van der Waals surface area contributed by atoms with Crippen LogP contribution in [-0.4, -0.2) is 44.4 Å². The van der Waals surface area contributed by atoms with Gasteiger partial charge in [-0.05, 0) is 37.3 Å². The van der Waals surface area contributed by atoms with Crippen LogP contribution in [0.3, 0.4) is 0 Å². The molecule has 4 rings (SSSR count). The number of guanidine groups is 1. The van der Waals surface area contributed by atoms with Crippen molar-refractivity contribution < 1.29 is 9.47 Å². The van der Waals surface area contributed by atoms with Crippen molar-refractivity contribution in [2.45, 2.75) is 49.9 Å². The summed E-state index contributed by atoms with van der Waals surface area (Å²) in [6.07, 6.45) is 5.35. The quantitative estimate of drug-likeness (QED) is 0.429. The van der Waals surface area contributed by atoms with Crippen LogP contribution in [0.15, 0.2) is 29.3 Å². The summed E-state index contributed by atoms with van der Waals surface area (Å²) in [5, 5.41) is 7.04. The topological polar surface area (TPSA) is 54.9 Å². The fourth-order valence-corrected chi connectivity index (χ4v) is 4.01. The summed E-state index contributed by atoms with van der Waals surface area (Å²) in [5.41, 5.74) is 1.30. The third kappa shape index (κ3) is 3.64. The highest BCUT2D eigenvalue weighted by Gasteiger charge is 2.41. The number of hydrogen-bond acceptors (Lipinski definition) is 3. The summed E-state index contributed by atoms with van der Waals surface area (Å²) in [6, 6.07) is 8.74. The van der Waals surface area contributed by atoms with Gasteiger partial charge in [-0.3, -0.25) is 4.99 Å². The second kappa shape index (κ2) is 7.91. The van der Waals surface area contributed by atoms with E-state index in [1.54, 1.807) is 0 Å². The molecular formula is C18H26IN3O2. The van der Waals surface area contributed by atoms with Gasteiger partial charge in [0.05, 0.1) is 24.9 Å². The molecule has 24 heavy (non-hydrogen) atoms. The van der Waals surface area contributed by atoms with Gasteiger partial charge in [-0.25, -0.2) is 0 Å². The molecule has 2 bridgehead atoms. The van der Waals surface area contributed by atoms with E-state index in [2.05, 4.69) is 33.8 Å². The molecule has 0 amide bonds. The van der Waals surface area contributed by atoms with E-state index in [0.717, 1.165) is 37.7 Å². The molecule has 6 heteroatoms. The van der Waals surface area contributed by atoms with E-state index in [0.29, 0.717) is 24.2 Å². The summed E-state index contributed by atoms with van der Waals surface area (Å²) in [6.45, 7) is 1.66. The summed E-state index contributed by atoms with van der Waals surface area (Å²) in [4.78, 5) is 4.38. The second-order valence-electron chi connectivity index (χ2n) is 6.69. The summed E-state index contributed by atoms with van der Waals surface area (Å²) >= 11 is 0. The lowest BCUT2D eigenvalue weighted by Crippen LogP contribution is -2.48. The molecule has 4 unspecified atom stereocenters.